The molecule has 0 saturated heterocycles. The van der Waals surface area contributed by atoms with Gasteiger partial charge in [-0.05, 0) is 26.7 Å². The number of oxime groups is 1. The van der Waals surface area contributed by atoms with Gasteiger partial charge in [0.1, 0.15) is 6.61 Å². The summed E-state index contributed by atoms with van der Waals surface area (Å²) in [6.07, 6.45) is 1.73. The van der Waals surface area contributed by atoms with Crippen molar-refractivity contribution in [3.63, 3.8) is 0 Å². The molecule has 0 fully saturated rings. The van der Waals surface area contributed by atoms with E-state index in [9.17, 15) is 0 Å². The predicted molar refractivity (Wildman–Crippen MR) is 39.3 cm³/mol. The molecule has 0 aliphatic heterocycles. The first-order valence-corrected chi connectivity index (χ1v) is 3.26. The summed E-state index contributed by atoms with van der Waals surface area (Å²) in [5.41, 5.74) is 0.948. The average Bonchev–Trinajstić information content (AvgIpc) is 1.89. The van der Waals surface area contributed by atoms with Crippen molar-refractivity contribution in [2.45, 2.75) is 26.7 Å². The van der Waals surface area contributed by atoms with Crippen LogP contribution in [0.3, 0.4) is 0 Å². The minimum Gasteiger partial charge on any atom is -0.396 e. The molecule has 0 bridgehead atoms. The van der Waals surface area contributed by atoms with Crippen LogP contribution in [0.25, 0.3) is 0 Å². The maximum absolute atomic E-state index is 4.88. The van der Waals surface area contributed by atoms with Gasteiger partial charge in [-0.1, -0.05) is 12.1 Å². The molecule has 0 saturated carbocycles. The molecule has 0 aromatic rings. The maximum atomic E-state index is 4.88. The summed E-state index contributed by atoms with van der Waals surface area (Å²) in [6.45, 7) is 8.32. The first-order chi connectivity index (χ1) is 4.31. The SMILES string of the molecule is [CH2]C/C(C)=N\OCCC. The third kappa shape index (κ3) is 5.34. The lowest BCUT2D eigenvalue weighted by Crippen LogP contribution is -1.91. The molecular weight excluding hydrogens is 114 g/mol. The summed E-state index contributed by atoms with van der Waals surface area (Å²) in [7, 11) is 0. The van der Waals surface area contributed by atoms with Crippen molar-refractivity contribution in [1.82, 2.24) is 0 Å². The molecule has 1 radical (unpaired) electrons. The van der Waals surface area contributed by atoms with E-state index in [1.54, 1.807) is 0 Å². The van der Waals surface area contributed by atoms with Crippen molar-refractivity contribution in [3.8, 4) is 0 Å². The number of rotatable bonds is 4. The first kappa shape index (κ1) is 8.47. The van der Waals surface area contributed by atoms with Crippen LogP contribution in [0.2, 0.25) is 0 Å². The molecule has 53 valence electrons. The highest BCUT2D eigenvalue weighted by molar-refractivity contribution is 5.81. The van der Waals surface area contributed by atoms with Gasteiger partial charge in [-0.3, -0.25) is 0 Å². The quantitative estimate of drug-likeness (QED) is 0.322. The van der Waals surface area contributed by atoms with Crippen molar-refractivity contribution >= 4 is 5.71 Å². The smallest absolute Gasteiger partial charge is 0.116 e. The fourth-order valence-corrected chi connectivity index (χ4v) is 0.293. The van der Waals surface area contributed by atoms with Gasteiger partial charge < -0.3 is 4.84 Å². The van der Waals surface area contributed by atoms with E-state index in [-0.39, 0.29) is 0 Å². The maximum Gasteiger partial charge on any atom is 0.116 e. The van der Waals surface area contributed by atoms with Gasteiger partial charge in [-0.15, -0.1) is 0 Å². The Balaban J connectivity index is 3.21. The van der Waals surface area contributed by atoms with Crippen LogP contribution in [-0.2, 0) is 4.84 Å². The third-order valence-electron chi connectivity index (χ3n) is 0.878. The van der Waals surface area contributed by atoms with Gasteiger partial charge in [0.2, 0.25) is 0 Å². The highest BCUT2D eigenvalue weighted by atomic mass is 16.6. The minimum absolute atomic E-state index is 0.706. The van der Waals surface area contributed by atoms with E-state index in [2.05, 4.69) is 19.0 Å². The Morgan fingerprint density at radius 2 is 2.33 bits per heavy atom. The van der Waals surface area contributed by atoms with E-state index in [4.69, 9.17) is 4.84 Å². The Bertz CT molecular complexity index is 88.9. The van der Waals surface area contributed by atoms with E-state index in [0.717, 1.165) is 18.6 Å². The van der Waals surface area contributed by atoms with E-state index >= 15 is 0 Å². The lowest BCUT2D eigenvalue weighted by molar-refractivity contribution is 0.144. The van der Waals surface area contributed by atoms with Crippen molar-refractivity contribution in [2.75, 3.05) is 6.61 Å². The number of hydrogen-bond acceptors (Lipinski definition) is 2. The second kappa shape index (κ2) is 5.60. The van der Waals surface area contributed by atoms with Crippen molar-refractivity contribution in [1.29, 1.82) is 0 Å². The zero-order valence-electron chi connectivity index (χ0n) is 6.18. The molecule has 0 unspecified atom stereocenters. The molecule has 0 aliphatic rings. The molecular formula is C7H14NO. The van der Waals surface area contributed by atoms with Crippen LogP contribution in [0.5, 0.6) is 0 Å². The molecule has 0 N–H and O–H groups in total. The Labute approximate surface area is 56.9 Å². The van der Waals surface area contributed by atoms with Gasteiger partial charge in [0, 0.05) is 0 Å². The fraction of sp³-hybridized carbons (Fsp3) is 0.714. The molecule has 2 heteroatoms. The van der Waals surface area contributed by atoms with Crippen LogP contribution in [-0.4, -0.2) is 12.3 Å². The van der Waals surface area contributed by atoms with Gasteiger partial charge in [0.15, 0.2) is 0 Å². The average molecular weight is 128 g/mol. The monoisotopic (exact) mass is 128 g/mol. The summed E-state index contributed by atoms with van der Waals surface area (Å²) in [4.78, 5) is 4.88. The van der Waals surface area contributed by atoms with Crippen LogP contribution < -0.4 is 0 Å². The zero-order valence-corrected chi connectivity index (χ0v) is 6.18. The molecule has 0 heterocycles. The lowest BCUT2D eigenvalue weighted by atomic mass is 10.3. The van der Waals surface area contributed by atoms with Crippen LogP contribution >= 0.6 is 0 Å². The molecule has 0 aromatic heterocycles. The van der Waals surface area contributed by atoms with Crippen LogP contribution in [0.15, 0.2) is 5.16 Å². The molecule has 0 aliphatic carbocycles. The predicted octanol–water partition coefficient (Wildman–Crippen LogP) is 2.01. The fourth-order valence-electron chi connectivity index (χ4n) is 0.293. The molecule has 0 spiro atoms. The third-order valence-corrected chi connectivity index (χ3v) is 0.878. The second-order valence-electron chi connectivity index (χ2n) is 1.91. The summed E-state index contributed by atoms with van der Waals surface area (Å²) >= 11 is 0. The Morgan fingerprint density at radius 3 is 2.78 bits per heavy atom. The van der Waals surface area contributed by atoms with Gasteiger partial charge >= 0.3 is 0 Å². The van der Waals surface area contributed by atoms with Crippen molar-refractivity contribution in [2.24, 2.45) is 5.16 Å². The molecule has 9 heavy (non-hydrogen) atoms. The van der Waals surface area contributed by atoms with Gasteiger partial charge in [-0.25, -0.2) is 0 Å². The van der Waals surface area contributed by atoms with E-state index in [0.29, 0.717) is 6.61 Å². The highest BCUT2D eigenvalue weighted by Gasteiger charge is 1.83. The van der Waals surface area contributed by atoms with E-state index in [1.165, 1.54) is 0 Å². The summed E-state index contributed by atoms with van der Waals surface area (Å²) in [6, 6.07) is 0. The Morgan fingerprint density at radius 1 is 1.67 bits per heavy atom. The van der Waals surface area contributed by atoms with Gasteiger partial charge in [0.05, 0.1) is 5.71 Å². The van der Waals surface area contributed by atoms with Crippen LogP contribution in [0.1, 0.15) is 26.7 Å². The van der Waals surface area contributed by atoms with Gasteiger partial charge in [-0.2, -0.15) is 0 Å². The summed E-state index contributed by atoms with van der Waals surface area (Å²) in [5, 5.41) is 3.79. The lowest BCUT2D eigenvalue weighted by Gasteiger charge is -1.95. The van der Waals surface area contributed by atoms with Gasteiger partial charge in [0.25, 0.3) is 0 Å². The zero-order chi connectivity index (χ0) is 7.11. The number of nitrogens with zero attached hydrogens (tertiary/aromatic N) is 1. The largest absolute Gasteiger partial charge is 0.396 e. The van der Waals surface area contributed by atoms with Crippen LogP contribution in [0, 0.1) is 6.92 Å². The minimum atomic E-state index is 0.706. The Kier molecular flexibility index (Phi) is 5.27. The summed E-state index contributed by atoms with van der Waals surface area (Å²) in [5.74, 6) is 0. The van der Waals surface area contributed by atoms with E-state index < -0.39 is 0 Å². The van der Waals surface area contributed by atoms with E-state index in [1.807, 2.05) is 6.92 Å². The highest BCUT2D eigenvalue weighted by Crippen LogP contribution is 1.86. The first-order valence-electron chi connectivity index (χ1n) is 3.26. The van der Waals surface area contributed by atoms with Crippen LogP contribution in [0.4, 0.5) is 0 Å². The molecule has 2 nitrogen and oxygen atoms in total. The number of hydrogen-bond donors (Lipinski definition) is 0. The molecule has 0 atom stereocenters. The summed E-state index contributed by atoms with van der Waals surface area (Å²) < 4.78 is 0. The Hall–Kier alpha value is -0.530. The molecule has 0 amide bonds. The van der Waals surface area contributed by atoms with Crippen molar-refractivity contribution < 1.29 is 4.84 Å². The van der Waals surface area contributed by atoms with Crippen molar-refractivity contribution in [3.05, 3.63) is 6.92 Å². The second-order valence-corrected chi connectivity index (χ2v) is 1.91. The molecule has 0 aromatic carbocycles. The normalized spacial score (nSPS) is 11.7. The standard InChI is InChI=1S/C7H14NO/c1-4-6-9-8-7(3)5-2/h2,4-6H2,1,3H3/b8-7-. The molecule has 0 rings (SSSR count). The topological polar surface area (TPSA) is 21.6 Å².